The average molecular weight is 603 g/mol. The summed E-state index contributed by atoms with van der Waals surface area (Å²) in [6.07, 6.45) is 0. The van der Waals surface area contributed by atoms with E-state index in [1.807, 2.05) is 11.3 Å². The number of thiophene rings is 1. The van der Waals surface area contributed by atoms with Crippen molar-refractivity contribution in [2.45, 2.75) is 0 Å². The minimum Gasteiger partial charge on any atom is -0.309 e. The van der Waals surface area contributed by atoms with Gasteiger partial charge in [0.1, 0.15) is 0 Å². The Morgan fingerprint density at radius 2 is 1.13 bits per heavy atom. The standard InChI is InChI=1S/C43H26N2S/c1-2-11-29(12-3-1)45-39-19-8-5-14-32(39)36-25-37-35(26-40(36)45)31-13-4-7-18-38(31)44-42(37)28-23-21-27(22-24-28)30-16-10-17-34-33-15-6-9-20-41(33)46-43(30)34/h1-26H. The summed E-state index contributed by atoms with van der Waals surface area (Å²) in [5, 5.41) is 8.68. The summed E-state index contributed by atoms with van der Waals surface area (Å²) in [5.41, 5.74) is 9.21. The predicted octanol–water partition coefficient (Wildman–Crippen LogP) is 12.2. The molecule has 0 bridgehead atoms. The number of pyridine rings is 1. The average Bonchev–Trinajstić information content (AvgIpc) is 3.66. The van der Waals surface area contributed by atoms with Crippen LogP contribution in [0.4, 0.5) is 0 Å². The molecule has 0 radical (unpaired) electrons. The van der Waals surface area contributed by atoms with Crippen LogP contribution in [0.25, 0.3) is 91.7 Å². The van der Waals surface area contributed by atoms with E-state index in [0.717, 1.165) is 22.5 Å². The van der Waals surface area contributed by atoms with Crippen molar-refractivity contribution in [1.29, 1.82) is 0 Å². The van der Waals surface area contributed by atoms with Crippen molar-refractivity contribution in [3.05, 3.63) is 158 Å². The lowest BCUT2D eigenvalue weighted by Gasteiger charge is -2.13. The number of benzene rings is 7. The second-order valence-corrected chi connectivity index (χ2v) is 13.0. The summed E-state index contributed by atoms with van der Waals surface area (Å²) in [6.45, 7) is 0. The topological polar surface area (TPSA) is 17.8 Å². The summed E-state index contributed by atoms with van der Waals surface area (Å²) < 4.78 is 5.05. The van der Waals surface area contributed by atoms with Gasteiger partial charge in [-0.05, 0) is 59.0 Å². The molecular formula is C43H26N2S. The molecule has 3 aromatic heterocycles. The van der Waals surface area contributed by atoms with Crippen molar-refractivity contribution in [2.75, 3.05) is 0 Å². The molecule has 214 valence electrons. The molecular weight excluding hydrogens is 577 g/mol. The fourth-order valence-electron chi connectivity index (χ4n) is 7.27. The molecule has 0 spiro atoms. The molecule has 46 heavy (non-hydrogen) atoms. The van der Waals surface area contributed by atoms with Crippen molar-refractivity contribution < 1.29 is 0 Å². The van der Waals surface area contributed by atoms with Crippen LogP contribution in [0.3, 0.4) is 0 Å². The first-order valence-corrected chi connectivity index (χ1v) is 16.5. The Bertz CT molecular complexity index is 2790. The molecule has 0 aliphatic carbocycles. The minimum atomic E-state index is 1.01. The number of hydrogen-bond donors (Lipinski definition) is 0. The molecule has 0 N–H and O–H groups in total. The Kier molecular flexibility index (Phi) is 5.48. The van der Waals surface area contributed by atoms with Gasteiger partial charge in [-0.2, -0.15) is 0 Å². The van der Waals surface area contributed by atoms with Crippen molar-refractivity contribution in [1.82, 2.24) is 9.55 Å². The number of para-hydroxylation sites is 3. The van der Waals surface area contributed by atoms with E-state index in [0.29, 0.717) is 0 Å². The number of rotatable bonds is 3. The summed E-state index contributed by atoms with van der Waals surface area (Å²) in [7, 11) is 0. The highest BCUT2D eigenvalue weighted by molar-refractivity contribution is 7.26. The maximum absolute atomic E-state index is 5.30. The van der Waals surface area contributed by atoms with Gasteiger partial charge in [0, 0.05) is 53.0 Å². The van der Waals surface area contributed by atoms with Crippen LogP contribution in [-0.2, 0) is 0 Å². The fourth-order valence-corrected chi connectivity index (χ4v) is 8.51. The first-order chi connectivity index (χ1) is 22.8. The van der Waals surface area contributed by atoms with Crippen molar-refractivity contribution >= 4 is 75.0 Å². The van der Waals surface area contributed by atoms with Crippen molar-refractivity contribution in [3.63, 3.8) is 0 Å². The van der Waals surface area contributed by atoms with Gasteiger partial charge in [0.05, 0.1) is 22.2 Å². The van der Waals surface area contributed by atoms with E-state index in [-0.39, 0.29) is 0 Å². The number of hydrogen-bond acceptors (Lipinski definition) is 2. The van der Waals surface area contributed by atoms with Crippen LogP contribution < -0.4 is 0 Å². The minimum absolute atomic E-state index is 1.01. The van der Waals surface area contributed by atoms with Gasteiger partial charge in [0.25, 0.3) is 0 Å². The van der Waals surface area contributed by atoms with Gasteiger partial charge in [-0.15, -0.1) is 11.3 Å². The van der Waals surface area contributed by atoms with Gasteiger partial charge in [0.15, 0.2) is 0 Å². The number of aromatic nitrogens is 2. The van der Waals surface area contributed by atoms with Crippen LogP contribution >= 0.6 is 11.3 Å². The van der Waals surface area contributed by atoms with Crippen molar-refractivity contribution in [3.8, 4) is 28.1 Å². The van der Waals surface area contributed by atoms with Crippen LogP contribution in [0.1, 0.15) is 0 Å². The molecule has 0 unspecified atom stereocenters. The SMILES string of the molecule is c1ccc(-n2c3ccccc3c3cc4c(-c5ccc(-c6cccc7c6sc6ccccc67)cc5)nc5ccccc5c4cc32)cc1. The lowest BCUT2D eigenvalue weighted by Crippen LogP contribution is -1.94. The Labute approximate surface area is 269 Å². The molecule has 0 amide bonds. The third kappa shape index (κ3) is 3.73. The molecule has 0 saturated heterocycles. The van der Waals surface area contributed by atoms with Gasteiger partial charge < -0.3 is 4.57 Å². The van der Waals surface area contributed by atoms with Gasteiger partial charge >= 0.3 is 0 Å². The maximum atomic E-state index is 5.30. The molecule has 10 aromatic rings. The molecule has 2 nitrogen and oxygen atoms in total. The Morgan fingerprint density at radius 1 is 0.435 bits per heavy atom. The van der Waals surface area contributed by atoms with Crippen LogP contribution in [0.2, 0.25) is 0 Å². The monoisotopic (exact) mass is 602 g/mol. The predicted molar refractivity (Wildman–Crippen MR) is 197 cm³/mol. The number of fused-ring (bicyclic) bond motifs is 9. The molecule has 0 aliphatic heterocycles. The highest BCUT2D eigenvalue weighted by Crippen LogP contribution is 2.42. The van der Waals surface area contributed by atoms with E-state index in [1.165, 1.54) is 69.3 Å². The summed E-state index contributed by atoms with van der Waals surface area (Å²) in [5.74, 6) is 0. The highest BCUT2D eigenvalue weighted by Gasteiger charge is 2.18. The van der Waals surface area contributed by atoms with E-state index in [2.05, 4.69) is 162 Å². The Morgan fingerprint density at radius 3 is 2.00 bits per heavy atom. The summed E-state index contributed by atoms with van der Waals surface area (Å²) in [6, 6.07) is 57.1. The Balaban J connectivity index is 1.21. The molecule has 0 aliphatic rings. The van der Waals surface area contributed by atoms with Crippen LogP contribution in [0.15, 0.2) is 158 Å². The quantitative estimate of drug-likeness (QED) is 0.184. The second-order valence-electron chi connectivity index (χ2n) is 11.9. The zero-order valence-electron chi connectivity index (χ0n) is 24.8. The van der Waals surface area contributed by atoms with E-state index >= 15 is 0 Å². The van der Waals surface area contributed by atoms with Crippen LogP contribution in [0.5, 0.6) is 0 Å². The Hall–Kier alpha value is -5.77. The molecule has 3 heterocycles. The third-order valence-electron chi connectivity index (χ3n) is 9.38. The largest absolute Gasteiger partial charge is 0.309 e. The fraction of sp³-hybridized carbons (Fsp3) is 0. The summed E-state index contributed by atoms with van der Waals surface area (Å²) >= 11 is 1.87. The van der Waals surface area contributed by atoms with Crippen LogP contribution in [0, 0.1) is 0 Å². The van der Waals surface area contributed by atoms with E-state index in [1.54, 1.807) is 0 Å². The zero-order chi connectivity index (χ0) is 30.2. The third-order valence-corrected chi connectivity index (χ3v) is 10.6. The van der Waals surface area contributed by atoms with E-state index < -0.39 is 0 Å². The summed E-state index contributed by atoms with van der Waals surface area (Å²) in [4.78, 5) is 5.30. The molecule has 7 aromatic carbocycles. The maximum Gasteiger partial charge on any atom is 0.0788 e. The molecule has 10 rings (SSSR count). The molecule has 3 heteroatoms. The molecule has 0 fully saturated rings. The lowest BCUT2D eigenvalue weighted by atomic mass is 9.96. The molecule has 0 saturated carbocycles. The van der Waals surface area contributed by atoms with Gasteiger partial charge in [-0.1, -0.05) is 115 Å². The smallest absolute Gasteiger partial charge is 0.0788 e. The van der Waals surface area contributed by atoms with E-state index in [4.69, 9.17) is 4.98 Å². The van der Waals surface area contributed by atoms with E-state index in [9.17, 15) is 0 Å². The number of nitrogens with zero attached hydrogens (tertiary/aromatic N) is 2. The lowest BCUT2D eigenvalue weighted by molar-refractivity contribution is 1.18. The normalized spacial score (nSPS) is 11.9. The first kappa shape index (κ1) is 25.5. The van der Waals surface area contributed by atoms with Crippen LogP contribution in [-0.4, -0.2) is 9.55 Å². The van der Waals surface area contributed by atoms with Gasteiger partial charge in [-0.3, -0.25) is 0 Å². The first-order valence-electron chi connectivity index (χ1n) is 15.6. The highest BCUT2D eigenvalue weighted by atomic mass is 32.1. The second kappa shape index (κ2) is 9.87. The van der Waals surface area contributed by atoms with Gasteiger partial charge in [0.2, 0.25) is 0 Å². The zero-order valence-corrected chi connectivity index (χ0v) is 25.6. The van der Waals surface area contributed by atoms with Gasteiger partial charge in [-0.25, -0.2) is 4.98 Å². The van der Waals surface area contributed by atoms with Crippen molar-refractivity contribution in [2.24, 2.45) is 0 Å². The molecule has 0 atom stereocenters.